The lowest BCUT2D eigenvalue weighted by Crippen LogP contribution is -2.49. The molecule has 0 unspecified atom stereocenters. The van der Waals surface area contributed by atoms with E-state index < -0.39 is 5.92 Å². The Morgan fingerprint density at radius 2 is 1.65 bits per heavy atom. The van der Waals surface area contributed by atoms with Gasteiger partial charge in [-0.2, -0.15) is 0 Å². The van der Waals surface area contributed by atoms with Crippen LogP contribution in [0.2, 0.25) is 0 Å². The number of rotatable bonds is 1. The normalized spacial score (nSPS) is 27.1. The van der Waals surface area contributed by atoms with Gasteiger partial charge in [0.25, 0.3) is 0 Å². The van der Waals surface area contributed by atoms with Crippen LogP contribution in [0.25, 0.3) is 0 Å². The van der Waals surface area contributed by atoms with Gasteiger partial charge in [-0.3, -0.25) is 4.79 Å². The number of likely N-dealkylation sites (N-methyl/N-ethyl adjacent to an activating group) is 1. The molecule has 98 valence electrons. The van der Waals surface area contributed by atoms with Crippen LogP contribution in [0.1, 0.15) is 25.7 Å². The number of halogens is 2. The first-order valence-electron chi connectivity index (χ1n) is 6.33. The SMILES string of the molecule is CN1CCN(C(=O)C2CCC(F)(F)CC2)CC1. The molecule has 2 rings (SSSR count). The van der Waals surface area contributed by atoms with Crippen LogP contribution < -0.4 is 0 Å². The Morgan fingerprint density at radius 1 is 1.12 bits per heavy atom. The Balaban J connectivity index is 1.84. The summed E-state index contributed by atoms with van der Waals surface area (Å²) in [7, 11) is 2.03. The zero-order valence-electron chi connectivity index (χ0n) is 10.3. The van der Waals surface area contributed by atoms with Crippen molar-refractivity contribution in [3.05, 3.63) is 0 Å². The second-order valence-electron chi connectivity index (χ2n) is 5.26. The molecule has 0 aromatic rings. The number of amides is 1. The zero-order valence-corrected chi connectivity index (χ0v) is 10.3. The van der Waals surface area contributed by atoms with Crippen molar-refractivity contribution in [3.63, 3.8) is 0 Å². The van der Waals surface area contributed by atoms with Crippen molar-refractivity contribution in [2.75, 3.05) is 33.2 Å². The van der Waals surface area contributed by atoms with Crippen molar-refractivity contribution in [2.45, 2.75) is 31.6 Å². The van der Waals surface area contributed by atoms with Gasteiger partial charge in [-0.05, 0) is 19.9 Å². The summed E-state index contributed by atoms with van der Waals surface area (Å²) in [6.45, 7) is 3.24. The van der Waals surface area contributed by atoms with Gasteiger partial charge in [0.1, 0.15) is 0 Å². The van der Waals surface area contributed by atoms with Crippen LogP contribution in [0.4, 0.5) is 8.78 Å². The highest BCUT2D eigenvalue weighted by molar-refractivity contribution is 5.79. The number of carbonyl (C=O) groups is 1. The first kappa shape index (κ1) is 12.7. The Morgan fingerprint density at radius 3 is 2.18 bits per heavy atom. The maximum absolute atomic E-state index is 13.0. The molecule has 5 heteroatoms. The number of nitrogens with zero attached hydrogens (tertiary/aromatic N) is 2. The van der Waals surface area contributed by atoms with Crippen LogP contribution in [0.15, 0.2) is 0 Å². The Hall–Kier alpha value is -0.710. The minimum Gasteiger partial charge on any atom is -0.340 e. The second kappa shape index (κ2) is 4.88. The smallest absolute Gasteiger partial charge is 0.248 e. The van der Waals surface area contributed by atoms with E-state index in [0.717, 1.165) is 26.2 Å². The van der Waals surface area contributed by atoms with Gasteiger partial charge in [-0.15, -0.1) is 0 Å². The van der Waals surface area contributed by atoms with Gasteiger partial charge < -0.3 is 9.80 Å². The summed E-state index contributed by atoms with van der Waals surface area (Å²) in [4.78, 5) is 16.2. The van der Waals surface area contributed by atoms with E-state index in [2.05, 4.69) is 4.90 Å². The molecular formula is C12H20F2N2O. The number of hydrogen-bond donors (Lipinski definition) is 0. The molecule has 3 nitrogen and oxygen atoms in total. The summed E-state index contributed by atoms with van der Waals surface area (Å²) in [5, 5.41) is 0. The van der Waals surface area contributed by atoms with Crippen LogP contribution >= 0.6 is 0 Å². The standard InChI is InChI=1S/C12H20F2N2O/c1-15-6-8-16(9-7-15)11(17)10-2-4-12(13,14)5-3-10/h10H,2-9H2,1H3. The van der Waals surface area contributed by atoms with Gasteiger partial charge in [0, 0.05) is 44.9 Å². The molecule has 0 radical (unpaired) electrons. The van der Waals surface area contributed by atoms with Crippen molar-refractivity contribution in [1.29, 1.82) is 0 Å². The quantitative estimate of drug-likeness (QED) is 0.701. The average molecular weight is 246 g/mol. The molecule has 2 fully saturated rings. The van der Waals surface area contributed by atoms with Gasteiger partial charge in [0.2, 0.25) is 11.8 Å². The lowest BCUT2D eigenvalue weighted by Gasteiger charge is -2.36. The van der Waals surface area contributed by atoms with E-state index >= 15 is 0 Å². The Labute approximate surface area is 101 Å². The van der Waals surface area contributed by atoms with E-state index in [1.807, 2.05) is 11.9 Å². The van der Waals surface area contributed by atoms with Crippen molar-refractivity contribution in [1.82, 2.24) is 9.80 Å². The Kier molecular flexibility index (Phi) is 3.66. The van der Waals surface area contributed by atoms with Crippen LogP contribution in [-0.4, -0.2) is 54.9 Å². The summed E-state index contributed by atoms with van der Waals surface area (Å²) >= 11 is 0. The van der Waals surface area contributed by atoms with E-state index in [0.29, 0.717) is 12.8 Å². The van der Waals surface area contributed by atoms with Gasteiger partial charge in [0.05, 0.1) is 0 Å². The molecule has 2 aliphatic rings. The molecule has 1 aliphatic heterocycles. The third kappa shape index (κ3) is 3.15. The van der Waals surface area contributed by atoms with Gasteiger partial charge in [-0.25, -0.2) is 8.78 Å². The number of alkyl halides is 2. The highest BCUT2D eigenvalue weighted by Gasteiger charge is 2.38. The van der Waals surface area contributed by atoms with E-state index in [1.54, 1.807) is 0 Å². The first-order valence-corrected chi connectivity index (χ1v) is 6.33. The molecule has 0 aromatic heterocycles. The summed E-state index contributed by atoms with van der Waals surface area (Å²) in [6, 6.07) is 0. The molecule has 1 amide bonds. The minimum absolute atomic E-state index is 0.0913. The van der Waals surface area contributed by atoms with Crippen LogP contribution in [-0.2, 0) is 4.79 Å². The summed E-state index contributed by atoms with van der Waals surface area (Å²) in [5.41, 5.74) is 0. The number of piperazine rings is 1. The van der Waals surface area contributed by atoms with Crippen molar-refractivity contribution >= 4 is 5.91 Å². The molecule has 1 aliphatic carbocycles. The molecule has 0 spiro atoms. The predicted octanol–water partition coefficient (Wildman–Crippen LogP) is 1.59. The first-order chi connectivity index (χ1) is 7.98. The lowest BCUT2D eigenvalue weighted by atomic mass is 9.86. The fourth-order valence-electron chi connectivity index (χ4n) is 2.57. The average Bonchev–Trinajstić information content (AvgIpc) is 2.29. The maximum atomic E-state index is 13.0. The topological polar surface area (TPSA) is 23.6 Å². The summed E-state index contributed by atoms with van der Waals surface area (Å²) < 4.78 is 26.0. The highest BCUT2D eigenvalue weighted by Crippen LogP contribution is 2.36. The van der Waals surface area contributed by atoms with Gasteiger partial charge in [0.15, 0.2) is 0 Å². The monoisotopic (exact) mass is 246 g/mol. The molecular weight excluding hydrogens is 226 g/mol. The number of carbonyl (C=O) groups excluding carboxylic acids is 1. The van der Waals surface area contributed by atoms with Gasteiger partial charge >= 0.3 is 0 Å². The van der Waals surface area contributed by atoms with E-state index in [4.69, 9.17) is 0 Å². The minimum atomic E-state index is -2.54. The highest BCUT2D eigenvalue weighted by atomic mass is 19.3. The maximum Gasteiger partial charge on any atom is 0.248 e. The molecule has 0 bridgehead atoms. The molecule has 0 atom stereocenters. The van der Waals surface area contributed by atoms with E-state index in [-0.39, 0.29) is 24.7 Å². The van der Waals surface area contributed by atoms with Crippen molar-refractivity contribution < 1.29 is 13.6 Å². The molecule has 1 heterocycles. The van der Waals surface area contributed by atoms with Crippen LogP contribution in [0.3, 0.4) is 0 Å². The van der Waals surface area contributed by atoms with Crippen LogP contribution in [0, 0.1) is 5.92 Å². The molecule has 17 heavy (non-hydrogen) atoms. The van der Waals surface area contributed by atoms with Crippen molar-refractivity contribution in [3.8, 4) is 0 Å². The molecule has 0 N–H and O–H groups in total. The van der Waals surface area contributed by atoms with E-state index in [9.17, 15) is 13.6 Å². The third-order valence-electron chi connectivity index (χ3n) is 3.88. The fourth-order valence-corrected chi connectivity index (χ4v) is 2.57. The van der Waals surface area contributed by atoms with Crippen LogP contribution in [0.5, 0.6) is 0 Å². The van der Waals surface area contributed by atoms with E-state index in [1.165, 1.54) is 0 Å². The Bertz CT molecular complexity index is 278. The third-order valence-corrected chi connectivity index (χ3v) is 3.88. The van der Waals surface area contributed by atoms with Crippen molar-refractivity contribution in [2.24, 2.45) is 5.92 Å². The molecule has 1 saturated carbocycles. The summed E-state index contributed by atoms with van der Waals surface area (Å²) in [5.74, 6) is -2.62. The number of hydrogen-bond acceptors (Lipinski definition) is 2. The largest absolute Gasteiger partial charge is 0.340 e. The zero-order chi connectivity index (χ0) is 12.5. The molecule has 0 aromatic carbocycles. The summed E-state index contributed by atoms with van der Waals surface area (Å²) in [6.07, 6.45) is 0.435. The lowest BCUT2D eigenvalue weighted by molar-refractivity contribution is -0.141. The van der Waals surface area contributed by atoms with Gasteiger partial charge in [-0.1, -0.05) is 0 Å². The molecule has 1 saturated heterocycles. The second-order valence-corrected chi connectivity index (χ2v) is 5.26. The fraction of sp³-hybridized carbons (Fsp3) is 0.917. The predicted molar refractivity (Wildman–Crippen MR) is 61.0 cm³/mol.